The summed E-state index contributed by atoms with van der Waals surface area (Å²) in [6.07, 6.45) is -2.43. The molecule has 0 aliphatic carbocycles. The first kappa shape index (κ1) is 18.9. The van der Waals surface area contributed by atoms with Gasteiger partial charge in [0.1, 0.15) is 0 Å². The second kappa shape index (κ2) is 7.40. The predicted molar refractivity (Wildman–Crippen MR) is 94.3 cm³/mol. The molecule has 0 N–H and O–H groups in total. The van der Waals surface area contributed by atoms with Gasteiger partial charge < -0.3 is 0 Å². The van der Waals surface area contributed by atoms with Gasteiger partial charge in [-0.1, -0.05) is 41.9 Å². The fraction of sp³-hybridized carbons (Fsp3) is 0.167. The van der Waals surface area contributed by atoms with Crippen LogP contribution in [0.5, 0.6) is 0 Å². The number of rotatable bonds is 4. The molecule has 2 heterocycles. The lowest BCUT2D eigenvalue weighted by atomic mass is 10.1. The van der Waals surface area contributed by atoms with Crippen LogP contribution in [0.1, 0.15) is 11.1 Å². The molecule has 1 aromatic carbocycles. The normalized spacial score (nSPS) is 11.6. The minimum Gasteiger partial charge on any atom is -0.269 e. The Kier molecular flexibility index (Phi) is 5.18. The highest BCUT2D eigenvalue weighted by Crippen LogP contribution is 2.31. The van der Waals surface area contributed by atoms with Crippen LogP contribution in [0.15, 0.2) is 64.4 Å². The van der Waals surface area contributed by atoms with Crippen molar-refractivity contribution in [2.45, 2.75) is 19.1 Å². The van der Waals surface area contributed by atoms with Gasteiger partial charge in [0.15, 0.2) is 5.82 Å². The largest absolute Gasteiger partial charge is 0.417 e. The van der Waals surface area contributed by atoms with E-state index in [2.05, 4.69) is 4.98 Å². The number of benzene rings is 1. The minimum absolute atomic E-state index is 0.112. The third kappa shape index (κ3) is 4.11. The molecule has 0 unspecified atom stereocenters. The van der Waals surface area contributed by atoms with Crippen molar-refractivity contribution in [2.24, 2.45) is 0 Å². The van der Waals surface area contributed by atoms with E-state index in [1.807, 2.05) is 30.3 Å². The lowest BCUT2D eigenvalue weighted by molar-refractivity contribution is -0.137. The van der Waals surface area contributed by atoms with E-state index in [1.165, 1.54) is 0 Å². The van der Waals surface area contributed by atoms with E-state index in [0.29, 0.717) is 18.7 Å². The Bertz CT molecular complexity index is 1080. The molecule has 2 aromatic heterocycles. The van der Waals surface area contributed by atoms with Gasteiger partial charge in [0, 0.05) is 25.0 Å². The highest BCUT2D eigenvalue weighted by molar-refractivity contribution is 6.32. The van der Waals surface area contributed by atoms with Gasteiger partial charge in [0.2, 0.25) is 0 Å². The number of aromatic nitrogens is 3. The van der Waals surface area contributed by atoms with E-state index < -0.39 is 23.0 Å². The molecular formula is C18H13ClF3N3O2. The molecule has 0 saturated heterocycles. The summed E-state index contributed by atoms with van der Waals surface area (Å²) in [5, 5.41) is -0.347. The van der Waals surface area contributed by atoms with Crippen molar-refractivity contribution >= 4 is 11.6 Å². The van der Waals surface area contributed by atoms with E-state index in [1.54, 1.807) is 0 Å². The Morgan fingerprint density at radius 2 is 1.78 bits per heavy atom. The molecule has 140 valence electrons. The van der Waals surface area contributed by atoms with Crippen molar-refractivity contribution in [1.82, 2.24) is 14.1 Å². The quantitative estimate of drug-likeness (QED) is 0.681. The Morgan fingerprint density at radius 3 is 2.41 bits per heavy atom. The number of hydrogen-bond donors (Lipinski definition) is 0. The molecule has 27 heavy (non-hydrogen) atoms. The summed E-state index contributed by atoms with van der Waals surface area (Å²) in [6.45, 7) is 0.112. The fourth-order valence-corrected chi connectivity index (χ4v) is 2.79. The summed E-state index contributed by atoms with van der Waals surface area (Å²) >= 11 is 5.90. The highest BCUT2D eigenvalue weighted by atomic mass is 35.5. The first-order valence-corrected chi connectivity index (χ1v) is 8.25. The number of halogens is 4. The van der Waals surface area contributed by atoms with Crippen LogP contribution < -0.4 is 11.2 Å². The van der Waals surface area contributed by atoms with Crippen LogP contribution in [0.3, 0.4) is 0 Å². The summed E-state index contributed by atoms with van der Waals surface area (Å²) in [6, 6.07) is 11.1. The number of nitrogens with zero attached hydrogens (tertiary/aromatic N) is 3. The van der Waals surface area contributed by atoms with Crippen molar-refractivity contribution in [3.63, 3.8) is 0 Å². The molecule has 0 radical (unpaired) electrons. The molecule has 3 rings (SSSR count). The summed E-state index contributed by atoms with van der Waals surface area (Å²) in [7, 11) is 0. The molecule has 0 aliphatic rings. The molecule has 0 spiro atoms. The molecular weight excluding hydrogens is 383 g/mol. The molecule has 0 amide bonds. The molecule has 9 heteroatoms. The molecule has 0 bridgehead atoms. The van der Waals surface area contributed by atoms with Crippen molar-refractivity contribution in [3.8, 4) is 5.82 Å². The van der Waals surface area contributed by atoms with E-state index >= 15 is 0 Å². The Hall–Kier alpha value is -2.87. The lowest BCUT2D eigenvalue weighted by Gasteiger charge is -2.12. The van der Waals surface area contributed by atoms with Gasteiger partial charge in [-0.2, -0.15) is 13.2 Å². The van der Waals surface area contributed by atoms with Crippen LogP contribution in [0.2, 0.25) is 5.02 Å². The summed E-state index contributed by atoms with van der Waals surface area (Å²) in [5.74, 6) is -0.178. The molecule has 0 aliphatic heterocycles. The van der Waals surface area contributed by atoms with Crippen LogP contribution in [0.4, 0.5) is 13.2 Å². The second-order valence-electron chi connectivity index (χ2n) is 5.72. The Labute approximate surface area is 156 Å². The SMILES string of the molecule is O=c1ccn(-c2ncc(C(F)(F)F)cc2Cl)c(=O)n1CCc1ccccc1. The zero-order valence-corrected chi connectivity index (χ0v) is 14.5. The number of pyridine rings is 1. The van der Waals surface area contributed by atoms with E-state index in [0.717, 1.165) is 27.0 Å². The van der Waals surface area contributed by atoms with Crippen LogP contribution in [-0.4, -0.2) is 14.1 Å². The molecule has 0 fully saturated rings. The van der Waals surface area contributed by atoms with Gasteiger partial charge in [0.05, 0.1) is 10.6 Å². The second-order valence-corrected chi connectivity index (χ2v) is 6.13. The van der Waals surface area contributed by atoms with Gasteiger partial charge in [0.25, 0.3) is 5.56 Å². The average Bonchev–Trinajstić information content (AvgIpc) is 2.62. The zero-order valence-electron chi connectivity index (χ0n) is 13.8. The minimum atomic E-state index is -4.60. The van der Waals surface area contributed by atoms with Crippen molar-refractivity contribution in [3.05, 3.63) is 91.8 Å². The van der Waals surface area contributed by atoms with Crippen molar-refractivity contribution in [2.75, 3.05) is 0 Å². The van der Waals surface area contributed by atoms with E-state index in [4.69, 9.17) is 11.6 Å². The van der Waals surface area contributed by atoms with E-state index in [9.17, 15) is 22.8 Å². The van der Waals surface area contributed by atoms with Crippen LogP contribution in [0, 0.1) is 0 Å². The number of aryl methyl sites for hydroxylation is 1. The average molecular weight is 396 g/mol. The molecule has 0 saturated carbocycles. The molecule has 5 nitrogen and oxygen atoms in total. The van der Waals surface area contributed by atoms with Gasteiger partial charge >= 0.3 is 11.9 Å². The third-order valence-corrected chi connectivity index (χ3v) is 4.19. The Morgan fingerprint density at radius 1 is 1.07 bits per heavy atom. The maximum absolute atomic E-state index is 12.7. The monoisotopic (exact) mass is 395 g/mol. The number of alkyl halides is 3. The molecule has 0 atom stereocenters. The van der Waals surface area contributed by atoms with Crippen LogP contribution in [0.25, 0.3) is 5.82 Å². The predicted octanol–water partition coefficient (Wildman–Crippen LogP) is 3.31. The van der Waals surface area contributed by atoms with Crippen molar-refractivity contribution in [1.29, 1.82) is 0 Å². The highest BCUT2D eigenvalue weighted by Gasteiger charge is 2.31. The van der Waals surface area contributed by atoms with Gasteiger partial charge in [-0.3, -0.25) is 13.9 Å². The first-order valence-electron chi connectivity index (χ1n) is 7.87. The van der Waals surface area contributed by atoms with Crippen LogP contribution >= 0.6 is 11.6 Å². The first-order chi connectivity index (χ1) is 12.8. The van der Waals surface area contributed by atoms with Crippen LogP contribution in [-0.2, 0) is 19.1 Å². The van der Waals surface area contributed by atoms with E-state index in [-0.39, 0.29) is 17.4 Å². The van der Waals surface area contributed by atoms with Crippen molar-refractivity contribution < 1.29 is 13.2 Å². The smallest absolute Gasteiger partial charge is 0.269 e. The Balaban J connectivity index is 1.98. The van der Waals surface area contributed by atoms with Gasteiger partial charge in [-0.15, -0.1) is 0 Å². The maximum Gasteiger partial charge on any atom is 0.417 e. The molecule has 3 aromatic rings. The van der Waals surface area contributed by atoms with Gasteiger partial charge in [-0.25, -0.2) is 9.78 Å². The summed E-state index contributed by atoms with van der Waals surface area (Å²) in [5.41, 5.74) is -1.34. The number of hydrogen-bond acceptors (Lipinski definition) is 3. The lowest BCUT2D eigenvalue weighted by Crippen LogP contribution is -2.39. The maximum atomic E-state index is 12.7. The third-order valence-electron chi connectivity index (χ3n) is 3.91. The topological polar surface area (TPSA) is 56.9 Å². The fourth-order valence-electron chi connectivity index (χ4n) is 2.53. The standard InChI is InChI=1S/C18H13ClF3N3O2/c19-14-10-13(18(20,21)22)11-23-16(14)25-9-7-15(26)24(17(25)27)8-6-12-4-2-1-3-5-12/h1-5,7,9-11H,6,8H2. The zero-order chi connectivity index (χ0) is 19.6. The summed E-state index contributed by atoms with van der Waals surface area (Å²) in [4.78, 5) is 28.4. The van der Waals surface area contributed by atoms with Gasteiger partial charge in [-0.05, 0) is 18.1 Å². The summed E-state index contributed by atoms with van der Waals surface area (Å²) < 4.78 is 40.2.